The van der Waals surface area contributed by atoms with E-state index in [0.29, 0.717) is 17.2 Å². The standard InChI is InChI=1S/C15H24N2O3/c1-9-7-11(19-5)12(20-6)8-10(9)17-14(18)13(16)15(2,3)4/h7-8,13H,16H2,1-6H3,(H,17,18)/t13-/m1/s1. The van der Waals surface area contributed by atoms with Crippen LogP contribution < -0.4 is 20.5 Å². The number of hydrogen-bond donors (Lipinski definition) is 2. The predicted molar refractivity (Wildman–Crippen MR) is 80.3 cm³/mol. The first-order valence-corrected chi connectivity index (χ1v) is 6.49. The van der Waals surface area contributed by atoms with Gasteiger partial charge in [-0.05, 0) is 24.0 Å². The molecular weight excluding hydrogens is 256 g/mol. The Morgan fingerprint density at radius 1 is 1.20 bits per heavy atom. The van der Waals surface area contributed by atoms with E-state index < -0.39 is 6.04 Å². The molecule has 0 aliphatic heterocycles. The van der Waals surface area contributed by atoms with Crippen molar-refractivity contribution in [2.75, 3.05) is 19.5 Å². The molecule has 0 aromatic heterocycles. The van der Waals surface area contributed by atoms with Crippen molar-refractivity contribution in [3.63, 3.8) is 0 Å². The van der Waals surface area contributed by atoms with E-state index in [-0.39, 0.29) is 11.3 Å². The van der Waals surface area contributed by atoms with Crippen LogP contribution in [0.15, 0.2) is 12.1 Å². The number of methoxy groups -OCH3 is 2. The molecule has 5 heteroatoms. The van der Waals surface area contributed by atoms with Crippen LogP contribution in [-0.4, -0.2) is 26.2 Å². The van der Waals surface area contributed by atoms with E-state index in [1.807, 2.05) is 33.8 Å². The molecule has 0 saturated carbocycles. The van der Waals surface area contributed by atoms with Crippen molar-refractivity contribution < 1.29 is 14.3 Å². The number of nitrogens with two attached hydrogens (primary N) is 1. The Kier molecular flexibility index (Phi) is 5.00. The lowest BCUT2D eigenvalue weighted by Crippen LogP contribution is -2.45. The molecule has 20 heavy (non-hydrogen) atoms. The van der Waals surface area contributed by atoms with Crippen molar-refractivity contribution in [1.29, 1.82) is 0 Å². The Bertz CT molecular complexity index is 493. The fourth-order valence-corrected chi connectivity index (χ4v) is 1.72. The Morgan fingerprint density at radius 3 is 2.15 bits per heavy atom. The van der Waals surface area contributed by atoms with Gasteiger partial charge in [-0.1, -0.05) is 20.8 Å². The van der Waals surface area contributed by atoms with Crippen LogP contribution in [0.1, 0.15) is 26.3 Å². The molecule has 0 unspecified atom stereocenters. The van der Waals surface area contributed by atoms with E-state index in [0.717, 1.165) is 5.56 Å². The first-order chi connectivity index (χ1) is 9.20. The Labute approximate surface area is 120 Å². The van der Waals surface area contributed by atoms with Gasteiger partial charge in [0.1, 0.15) is 0 Å². The maximum Gasteiger partial charge on any atom is 0.241 e. The summed E-state index contributed by atoms with van der Waals surface area (Å²) in [5, 5.41) is 2.84. The molecule has 112 valence electrons. The second kappa shape index (κ2) is 6.13. The van der Waals surface area contributed by atoms with Gasteiger partial charge < -0.3 is 20.5 Å². The Morgan fingerprint density at radius 2 is 1.70 bits per heavy atom. The number of anilines is 1. The minimum Gasteiger partial charge on any atom is -0.493 e. The third kappa shape index (κ3) is 3.63. The van der Waals surface area contributed by atoms with E-state index in [2.05, 4.69) is 5.32 Å². The van der Waals surface area contributed by atoms with Crippen molar-refractivity contribution in [3.8, 4) is 11.5 Å². The molecular formula is C15H24N2O3. The number of aryl methyl sites for hydroxylation is 1. The van der Waals surface area contributed by atoms with Crippen LogP contribution in [0.25, 0.3) is 0 Å². The van der Waals surface area contributed by atoms with E-state index in [4.69, 9.17) is 15.2 Å². The van der Waals surface area contributed by atoms with Gasteiger partial charge in [0.2, 0.25) is 5.91 Å². The van der Waals surface area contributed by atoms with Gasteiger partial charge in [0, 0.05) is 11.8 Å². The maximum absolute atomic E-state index is 12.2. The molecule has 3 N–H and O–H groups in total. The second-order valence-electron chi connectivity index (χ2n) is 5.86. The zero-order valence-corrected chi connectivity index (χ0v) is 13.0. The van der Waals surface area contributed by atoms with Gasteiger partial charge >= 0.3 is 0 Å². The molecule has 0 radical (unpaired) electrons. The first kappa shape index (κ1) is 16.3. The fourth-order valence-electron chi connectivity index (χ4n) is 1.72. The van der Waals surface area contributed by atoms with Crippen molar-refractivity contribution in [1.82, 2.24) is 0 Å². The molecule has 5 nitrogen and oxygen atoms in total. The van der Waals surface area contributed by atoms with Gasteiger partial charge in [0.25, 0.3) is 0 Å². The highest BCUT2D eigenvalue weighted by atomic mass is 16.5. The Hall–Kier alpha value is -1.75. The Balaban J connectivity index is 3.01. The topological polar surface area (TPSA) is 73.6 Å². The van der Waals surface area contributed by atoms with Gasteiger partial charge in [-0.15, -0.1) is 0 Å². The first-order valence-electron chi connectivity index (χ1n) is 6.49. The largest absolute Gasteiger partial charge is 0.493 e. The smallest absolute Gasteiger partial charge is 0.241 e. The molecule has 1 aromatic carbocycles. The molecule has 1 amide bonds. The second-order valence-corrected chi connectivity index (χ2v) is 5.86. The van der Waals surface area contributed by atoms with Gasteiger partial charge in [-0.2, -0.15) is 0 Å². The normalized spacial score (nSPS) is 12.8. The molecule has 0 aliphatic carbocycles. The SMILES string of the molecule is COc1cc(C)c(NC(=O)[C@@H](N)C(C)(C)C)cc1OC. The zero-order valence-electron chi connectivity index (χ0n) is 13.0. The van der Waals surface area contributed by atoms with Gasteiger partial charge in [-0.25, -0.2) is 0 Å². The van der Waals surface area contributed by atoms with Crippen molar-refractivity contribution in [2.45, 2.75) is 33.7 Å². The van der Waals surface area contributed by atoms with Crippen LogP contribution in [0.4, 0.5) is 5.69 Å². The van der Waals surface area contributed by atoms with Crippen molar-refractivity contribution in [3.05, 3.63) is 17.7 Å². The summed E-state index contributed by atoms with van der Waals surface area (Å²) in [6.07, 6.45) is 0. The molecule has 0 heterocycles. The number of nitrogens with one attached hydrogen (secondary N) is 1. The number of benzene rings is 1. The van der Waals surface area contributed by atoms with E-state index in [1.54, 1.807) is 20.3 Å². The molecule has 0 spiro atoms. The summed E-state index contributed by atoms with van der Waals surface area (Å²) in [6, 6.07) is 2.97. The lowest BCUT2D eigenvalue weighted by atomic mass is 9.87. The van der Waals surface area contributed by atoms with Gasteiger partial charge in [0.05, 0.1) is 20.3 Å². The highest BCUT2D eigenvalue weighted by Crippen LogP contribution is 2.33. The van der Waals surface area contributed by atoms with Crippen LogP contribution in [0.3, 0.4) is 0 Å². The third-order valence-electron chi connectivity index (χ3n) is 3.20. The quantitative estimate of drug-likeness (QED) is 0.887. The molecule has 0 aliphatic rings. The average molecular weight is 280 g/mol. The monoisotopic (exact) mass is 280 g/mol. The van der Waals surface area contributed by atoms with Crippen LogP contribution in [0.2, 0.25) is 0 Å². The van der Waals surface area contributed by atoms with Crippen LogP contribution in [-0.2, 0) is 4.79 Å². The lowest BCUT2D eigenvalue weighted by Gasteiger charge is -2.26. The van der Waals surface area contributed by atoms with E-state index >= 15 is 0 Å². The van der Waals surface area contributed by atoms with Gasteiger partial charge in [0.15, 0.2) is 11.5 Å². The van der Waals surface area contributed by atoms with E-state index in [9.17, 15) is 4.79 Å². The van der Waals surface area contributed by atoms with Crippen LogP contribution in [0.5, 0.6) is 11.5 Å². The predicted octanol–water partition coefficient (Wildman–Crippen LogP) is 2.32. The average Bonchev–Trinajstić information content (AvgIpc) is 2.38. The number of amides is 1. The molecule has 0 saturated heterocycles. The van der Waals surface area contributed by atoms with Gasteiger partial charge in [-0.3, -0.25) is 4.79 Å². The molecule has 1 atom stereocenters. The maximum atomic E-state index is 12.2. The summed E-state index contributed by atoms with van der Waals surface area (Å²) in [5.74, 6) is 0.980. The van der Waals surface area contributed by atoms with E-state index in [1.165, 1.54) is 0 Å². The number of hydrogen-bond acceptors (Lipinski definition) is 4. The summed E-state index contributed by atoms with van der Waals surface area (Å²) in [7, 11) is 3.13. The number of carbonyl (C=O) groups is 1. The summed E-state index contributed by atoms with van der Waals surface area (Å²) >= 11 is 0. The lowest BCUT2D eigenvalue weighted by molar-refractivity contribution is -0.119. The number of ether oxygens (including phenoxy) is 2. The molecule has 0 fully saturated rings. The summed E-state index contributed by atoms with van der Waals surface area (Å²) in [6.45, 7) is 7.68. The van der Waals surface area contributed by atoms with Crippen LogP contribution >= 0.6 is 0 Å². The zero-order chi connectivity index (χ0) is 15.5. The highest BCUT2D eigenvalue weighted by molar-refractivity contribution is 5.96. The molecule has 0 bridgehead atoms. The fraction of sp³-hybridized carbons (Fsp3) is 0.533. The molecule has 1 rings (SSSR count). The minimum atomic E-state index is -0.588. The summed E-state index contributed by atoms with van der Waals surface area (Å²) in [5.41, 5.74) is 7.21. The van der Waals surface area contributed by atoms with Crippen molar-refractivity contribution >= 4 is 11.6 Å². The number of carbonyl (C=O) groups excluding carboxylic acids is 1. The molecule has 1 aromatic rings. The van der Waals surface area contributed by atoms with Crippen LogP contribution in [0, 0.1) is 12.3 Å². The number of rotatable bonds is 4. The van der Waals surface area contributed by atoms with Crippen molar-refractivity contribution in [2.24, 2.45) is 11.1 Å². The highest BCUT2D eigenvalue weighted by Gasteiger charge is 2.27. The third-order valence-corrected chi connectivity index (χ3v) is 3.20. The summed E-state index contributed by atoms with van der Waals surface area (Å²) < 4.78 is 10.4. The minimum absolute atomic E-state index is 0.215. The summed E-state index contributed by atoms with van der Waals surface area (Å²) in [4.78, 5) is 12.2.